The van der Waals surface area contributed by atoms with Crippen LogP contribution in [0.3, 0.4) is 0 Å². The smallest absolute Gasteiger partial charge is 0.326 e. The molecule has 0 aromatic heterocycles. The first kappa shape index (κ1) is 14.9. The number of hydrogen-bond donors (Lipinski definition) is 1. The first-order valence-electron chi connectivity index (χ1n) is 6.10. The normalized spacial score (nSPS) is 18.1. The highest BCUT2D eigenvalue weighted by Gasteiger charge is 2.34. The molecular formula is C13H13Cl2NO4. The minimum absolute atomic E-state index is 0.232. The Labute approximate surface area is 126 Å². The summed E-state index contributed by atoms with van der Waals surface area (Å²) in [5, 5.41) is 9.64. The van der Waals surface area contributed by atoms with E-state index in [2.05, 4.69) is 0 Å². The number of benzene rings is 1. The van der Waals surface area contributed by atoms with Crippen LogP contribution in [0.25, 0.3) is 0 Å². The molecule has 1 aliphatic heterocycles. The molecule has 1 atom stereocenters. The van der Waals surface area contributed by atoms with E-state index >= 15 is 0 Å². The molecule has 5 nitrogen and oxygen atoms in total. The van der Waals surface area contributed by atoms with Gasteiger partial charge in [0, 0.05) is 6.54 Å². The van der Waals surface area contributed by atoms with Gasteiger partial charge in [0.05, 0.1) is 10.0 Å². The molecule has 108 valence electrons. The molecule has 1 aromatic rings. The van der Waals surface area contributed by atoms with Crippen molar-refractivity contribution in [3.05, 3.63) is 28.2 Å². The third-order valence-corrected chi connectivity index (χ3v) is 3.71. The van der Waals surface area contributed by atoms with Crippen molar-refractivity contribution >= 4 is 35.1 Å². The number of aliphatic carboxylic acids is 1. The number of amides is 1. The predicted octanol–water partition coefficient (Wildman–Crippen LogP) is 2.45. The molecule has 1 fully saturated rings. The van der Waals surface area contributed by atoms with Crippen LogP contribution >= 0.6 is 23.2 Å². The highest BCUT2D eigenvalue weighted by molar-refractivity contribution is 6.37. The average Bonchev–Trinajstić information content (AvgIpc) is 2.87. The number of carboxylic acid groups (broad SMARTS) is 1. The van der Waals surface area contributed by atoms with E-state index in [1.165, 1.54) is 4.90 Å². The van der Waals surface area contributed by atoms with Crippen LogP contribution in [0, 0.1) is 0 Å². The second-order valence-corrected chi connectivity index (χ2v) is 5.24. The van der Waals surface area contributed by atoms with Crippen LogP contribution in [0.5, 0.6) is 5.75 Å². The number of hydrogen-bond acceptors (Lipinski definition) is 3. The van der Waals surface area contributed by atoms with E-state index in [1.807, 2.05) is 0 Å². The molecule has 20 heavy (non-hydrogen) atoms. The number of likely N-dealkylation sites (tertiary alicyclic amines) is 1. The summed E-state index contributed by atoms with van der Waals surface area (Å²) in [6.45, 7) is 0.142. The number of nitrogens with zero attached hydrogens (tertiary/aromatic N) is 1. The third-order valence-electron chi connectivity index (χ3n) is 3.12. The zero-order valence-electron chi connectivity index (χ0n) is 10.5. The zero-order chi connectivity index (χ0) is 14.7. The molecule has 1 aliphatic rings. The van der Waals surface area contributed by atoms with Crippen LogP contribution < -0.4 is 4.74 Å². The maximum absolute atomic E-state index is 12.0. The lowest BCUT2D eigenvalue weighted by Crippen LogP contribution is -2.42. The van der Waals surface area contributed by atoms with Crippen LogP contribution in [0.4, 0.5) is 0 Å². The third kappa shape index (κ3) is 3.16. The largest absolute Gasteiger partial charge is 0.481 e. The fraction of sp³-hybridized carbons (Fsp3) is 0.385. The Bertz CT molecular complexity index is 515. The van der Waals surface area contributed by atoms with Gasteiger partial charge in [-0.3, -0.25) is 4.79 Å². The molecule has 0 aliphatic carbocycles. The van der Waals surface area contributed by atoms with E-state index < -0.39 is 12.0 Å². The highest BCUT2D eigenvalue weighted by Crippen LogP contribution is 2.32. The van der Waals surface area contributed by atoms with Crippen LogP contribution in [0.2, 0.25) is 10.0 Å². The Morgan fingerprint density at radius 1 is 1.35 bits per heavy atom. The van der Waals surface area contributed by atoms with E-state index in [-0.39, 0.29) is 18.3 Å². The molecule has 0 radical (unpaired) electrons. The van der Waals surface area contributed by atoms with Gasteiger partial charge in [0.2, 0.25) is 0 Å². The van der Waals surface area contributed by atoms with Crippen LogP contribution in [0.1, 0.15) is 12.8 Å². The van der Waals surface area contributed by atoms with Gasteiger partial charge in [-0.1, -0.05) is 29.3 Å². The Balaban J connectivity index is 2.00. The SMILES string of the molecule is O=C(O)[C@@H]1CCCN1C(=O)COc1c(Cl)cccc1Cl. The molecule has 0 unspecified atom stereocenters. The lowest BCUT2D eigenvalue weighted by atomic mass is 10.2. The van der Waals surface area contributed by atoms with Crippen molar-refractivity contribution in [2.45, 2.75) is 18.9 Å². The van der Waals surface area contributed by atoms with Gasteiger partial charge in [-0.25, -0.2) is 4.79 Å². The van der Waals surface area contributed by atoms with E-state index in [0.29, 0.717) is 29.4 Å². The number of halogens is 2. The van der Waals surface area contributed by atoms with Crippen LogP contribution in [-0.4, -0.2) is 41.1 Å². The number of rotatable bonds is 4. The number of carbonyl (C=O) groups is 2. The molecule has 7 heteroatoms. The number of carboxylic acids is 1. The quantitative estimate of drug-likeness (QED) is 0.926. The van der Waals surface area contributed by atoms with Gasteiger partial charge in [-0.15, -0.1) is 0 Å². The first-order chi connectivity index (χ1) is 9.50. The number of para-hydroxylation sites is 1. The van der Waals surface area contributed by atoms with Gasteiger partial charge in [0.15, 0.2) is 12.4 Å². The topological polar surface area (TPSA) is 66.8 Å². The maximum atomic E-state index is 12.0. The van der Waals surface area contributed by atoms with Gasteiger partial charge < -0.3 is 14.7 Å². The molecule has 2 rings (SSSR count). The lowest BCUT2D eigenvalue weighted by Gasteiger charge is -2.21. The van der Waals surface area contributed by atoms with E-state index in [9.17, 15) is 9.59 Å². The summed E-state index contributed by atoms with van der Waals surface area (Å²) in [6.07, 6.45) is 1.14. The molecule has 1 N–H and O–H groups in total. The van der Waals surface area contributed by atoms with Crippen molar-refractivity contribution in [1.29, 1.82) is 0 Å². The minimum Gasteiger partial charge on any atom is -0.481 e. The summed E-state index contributed by atoms with van der Waals surface area (Å²) in [5.74, 6) is -1.15. The molecule has 0 saturated carbocycles. The summed E-state index contributed by atoms with van der Waals surface area (Å²) in [6, 6.07) is 4.10. The van der Waals surface area contributed by atoms with Crippen LogP contribution in [0.15, 0.2) is 18.2 Å². The van der Waals surface area contributed by atoms with E-state index in [4.69, 9.17) is 33.0 Å². The zero-order valence-corrected chi connectivity index (χ0v) is 12.0. The molecule has 1 aromatic carbocycles. The van der Waals surface area contributed by atoms with Crippen molar-refractivity contribution in [1.82, 2.24) is 4.90 Å². The Hall–Kier alpha value is -1.46. The Morgan fingerprint density at radius 3 is 2.60 bits per heavy atom. The van der Waals surface area contributed by atoms with Crippen molar-refractivity contribution in [2.24, 2.45) is 0 Å². The summed E-state index contributed by atoms with van der Waals surface area (Å²) in [7, 11) is 0. The van der Waals surface area contributed by atoms with Gasteiger partial charge >= 0.3 is 5.97 Å². The Kier molecular flexibility index (Phi) is 4.73. The van der Waals surface area contributed by atoms with Crippen molar-refractivity contribution in [3.63, 3.8) is 0 Å². The van der Waals surface area contributed by atoms with Crippen molar-refractivity contribution < 1.29 is 19.4 Å². The molecule has 0 bridgehead atoms. The standard InChI is InChI=1S/C13H13Cl2NO4/c14-8-3-1-4-9(15)12(8)20-7-11(17)16-6-2-5-10(16)13(18)19/h1,3-4,10H,2,5-7H2,(H,18,19)/t10-/m0/s1. The molecule has 1 saturated heterocycles. The molecule has 1 heterocycles. The monoisotopic (exact) mass is 317 g/mol. The summed E-state index contributed by atoms with van der Waals surface area (Å²) < 4.78 is 5.32. The highest BCUT2D eigenvalue weighted by atomic mass is 35.5. The number of carbonyl (C=O) groups excluding carboxylic acids is 1. The fourth-order valence-electron chi connectivity index (χ4n) is 2.16. The fourth-order valence-corrected chi connectivity index (χ4v) is 2.67. The van der Waals surface area contributed by atoms with Crippen LogP contribution in [-0.2, 0) is 9.59 Å². The summed E-state index contributed by atoms with van der Waals surface area (Å²) in [5.41, 5.74) is 0. The summed E-state index contributed by atoms with van der Waals surface area (Å²) >= 11 is 11.8. The van der Waals surface area contributed by atoms with Gasteiger partial charge in [0.1, 0.15) is 6.04 Å². The molecular weight excluding hydrogens is 305 g/mol. The van der Waals surface area contributed by atoms with E-state index in [0.717, 1.165) is 0 Å². The van der Waals surface area contributed by atoms with Crippen molar-refractivity contribution in [3.8, 4) is 5.75 Å². The summed E-state index contributed by atoms with van der Waals surface area (Å²) in [4.78, 5) is 24.3. The van der Waals surface area contributed by atoms with Gasteiger partial charge in [-0.05, 0) is 25.0 Å². The molecule has 0 spiro atoms. The maximum Gasteiger partial charge on any atom is 0.326 e. The lowest BCUT2D eigenvalue weighted by molar-refractivity contribution is -0.148. The Morgan fingerprint density at radius 2 is 2.00 bits per heavy atom. The van der Waals surface area contributed by atoms with Gasteiger partial charge in [-0.2, -0.15) is 0 Å². The molecule has 1 amide bonds. The van der Waals surface area contributed by atoms with E-state index in [1.54, 1.807) is 18.2 Å². The second kappa shape index (κ2) is 6.33. The van der Waals surface area contributed by atoms with Crippen molar-refractivity contribution in [2.75, 3.05) is 13.2 Å². The first-order valence-corrected chi connectivity index (χ1v) is 6.85. The second-order valence-electron chi connectivity index (χ2n) is 4.42. The van der Waals surface area contributed by atoms with Gasteiger partial charge in [0.25, 0.3) is 5.91 Å². The average molecular weight is 318 g/mol. The minimum atomic E-state index is -0.994. The predicted molar refractivity (Wildman–Crippen MR) is 74.3 cm³/mol. The number of ether oxygens (including phenoxy) is 1.